The Hall–Kier alpha value is -1.43. The van der Waals surface area contributed by atoms with Crippen LogP contribution in [0.3, 0.4) is 0 Å². The van der Waals surface area contributed by atoms with Gasteiger partial charge in [-0.25, -0.2) is 0 Å². The van der Waals surface area contributed by atoms with Crippen molar-refractivity contribution in [2.45, 2.75) is 90.8 Å². The molecule has 1 aromatic rings. The average Bonchev–Trinajstić information content (AvgIpc) is 3.13. The second kappa shape index (κ2) is 9.15. The first-order valence-electron chi connectivity index (χ1n) is 11.7. The molecule has 3 fully saturated rings. The van der Waals surface area contributed by atoms with Crippen LogP contribution in [0.1, 0.15) is 89.8 Å². The molecule has 0 radical (unpaired) electrons. The lowest BCUT2D eigenvalue weighted by Gasteiger charge is -2.37. The Morgan fingerprint density at radius 2 is 2.03 bits per heavy atom. The van der Waals surface area contributed by atoms with E-state index < -0.39 is 0 Å². The average molecular weight is 404 g/mol. The first kappa shape index (κ1) is 20.8. The van der Waals surface area contributed by atoms with Gasteiger partial charge in [0.05, 0.1) is 6.10 Å². The summed E-state index contributed by atoms with van der Waals surface area (Å²) in [5, 5.41) is 4.24. The van der Waals surface area contributed by atoms with Gasteiger partial charge in [0.1, 0.15) is 6.61 Å². The van der Waals surface area contributed by atoms with Crippen LogP contribution in [0.2, 0.25) is 0 Å². The van der Waals surface area contributed by atoms with E-state index in [2.05, 4.69) is 30.9 Å². The van der Waals surface area contributed by atoms with Gasteiger partial charge in [0, 0.05) is 25.4 Å². The Morgan fingerprint density at radius 3 is 2.76 bits per heavy atom. The van der Waals surface area contributed by atoms with Crippen molar-refractivity contribution in [2.75, 3.05) is 13.1 Å². The Bertz CT molecular complexity index is 685. The van der Waals surface area contributed by atoms with Crippen molar-refractivity contribution >= 4 is 5.91 Å². The van der Waals surface area contributed by atoms with Gasteiger partial charge in [-0.15, -0.1) is 0 Å². The maximum absolute atomic E-state index is 12.3. The van der Waals surface area contributed by atoms with Crippen molar-refractivity contribution < 1.29 is 14.1 Å². The summed E-state index contributed by atoms with van der Waals surface area (Å²) >= 11 is 0. The number of piperidine rings is 1. The van der Waals surface area contributed by atoms with Crippen LogP contribution in [0.5, 0.6) is 0 Å². The van der Waals surface area contributed by atoms with Crippen molar-refractivity contribution in [1.29, 1.82) is 0 Å². The normalized spacial score (nSPS) is 31.3. The SMILES string of the molecule is CC1CCC(C(C)C)C(OCc2nc(C3CCC(=O)N(CC4CCC4)C3)no2)C1. The van der Waals surface area contributed by atoms with Crippen molar-refractivity contribution in [3.8, 4) is 0 Å². The Labute approximate surface area is 174 Å². The Balaban J connectivity index is 1.32. The second-order valence-corrected chi connectivity index (χ2v) is 10.1. The number of hydrogen-bond donors (Lipinski definition) is 0. The van der Waals surface area contributed by atoms with Crippen LogP contribution in [-0.4, -0.2) is 40.1 Å². The third-order valence-electron chi connectivity index (χ3n) is 7.43. The third-order valence-corrected chi connectivity index (χ3v) is 7.43. The topological polar surface area (TPSA) is 68.5 Å². The fourth-order valence-corrected chi connectivity index (χ4v) is 5.27. The highest BCUT2D eigenvalue weighted by atomic mass is 16.5. The van der Waals surface area contributed by atoms with Crippen LogP contribution in [0.25, 0.3) is 0 Å². The number of ether oxygens (including phenoxy) is 1. The van der Waals surface area contributed by atoms with E-state index in [9.17, 15) is 4.79 Å². The summed E-state index contributed by atoms with van der Waals surface area (Å²) in [6.07, 6.45) is 9.16. The number of rotatable bonds is 7. The number of carbonyl (C=O) groups excluding carboxylic acids is 1. The first-order chi connectivity index (χ1) is 14.0. The monoisotopic (exact) mass is 403 g/mol. The highest BCUT2D eigenvalue weighted by molar-refractivity contribution is 5.77. The van der Waals surface area contributed by atoms with Gasteiger partial charge >= 0.3 is 0 Å². The molecule has 29 heavy (non-hydrogen) atoms. The lowest BCUT2D eigenvalue weighted by atomic mass is 9.75. The van der Waals surface area contributed by atoms with Crippen LogP contribution in [0.4, 0.5) is 0 Å². The highest BCUT2D eigenvalue weighted by Crippen LogP contribution is 2.36. The first-order valence-corrected chi connectivity index (χ1v) is 11.7. The molecular formula is C23H37N3O3. The Kier molecular flexibility index (Phi) is 6.57. The molecule has 0 spiro atoms. The molecule has 1 aliphatic heterocycles. The standard InChI is InChI=1S/C23H37N3O3/c1-15(2)19-9-7-16(3)11-20(19)28-14-21-24-23(25-29-21)18-8-10-22(27)26(13-18)12-17-5-4-6-17/h15-20H,4-14H2,1-3H3. The van der Waals surface area contributed by atoms with Crippen molar-refractivity contribution in [1.82, 2.24) is 15.0 Å². The molecule has 3 aliphatic rings. The van der Waals surface area contributed by atoms with Crippen molar-refractivity contribution in [2.24, 2.45) is 23.7 Å². The van der Waals surface area contributed by atoms with Crippen LogP contribution in [0, 0.1) is 23.7 Å². The lowest BCUT2D eigenvalue weighted by Crippen LogP contribution is -2.43. The summed E-state index contributed by atoms with van der Waals surface area (Å²) in [6, 6.07) is 0. The summed E-state index contributed by atoms with van der Waals surface area (Å²) in [5.74, 6) is 4.43. The summed E-state index contributed by atoms with van der Waals surface area (Å²) in [6.45, 7) is 8.93. The van der Waals surface area contributed by atoms with Gasteiger partial charge in [0.2, 0.25) is 5.91 Å². The predicted octanol–water partition coefficient (Wildman–Crippen LogP) is 4.55. The molecule has 4 unspecified atom stereocenters. The lowest BCUT2D eigenvalue weighted by molar-refractivity contribution is -0.135. The van der Waals surface area contributed by atoms with E-state index in [1.165, 1.54) is 32.1 Å². The molecule has 2 aliphatic carbocycles. The molecule has 162 valence electrons. The van der Waals surface area contributed by atoms with E-state index in [1.807, 2.05) is 4.90 Å². The van der Waals surface area contributed by atoms with Crippen LogP contribution in [0.15, 0.2) is 4.52 Å². The van der Waals surface area contributed by atoms with Crippen LogP contribution >= 0.6 is 0 Å². The van der Waals surface area contributed by atoms with E-state index in [0.29, 0.717) is 36.7 Å². The minimum atomic E-state index is 0.184. The van der Waals surface area contributed by atoms with Crippen molar-refractivity contribution in [3.05, 3.63) is 11.7 Å². The highest BCUT2D eigenvalue weighted by Gasteiger charge is 2.34. The van der Waals surface area contributed by atoms with Gasteiger partial charge in [0.25, 0.3) is 5.89 Å². The zero-order chi connectivity index (χ0) is 20.4. The summed E-state index contributed by atoms with van der Waals surface area (Å²) in [7, 11) is 0. The van der Waals surface area contributed by atoms with E-state index in [1.54, 1.807) is 0 Å². The summed E-state index contributed by atoms with van der Waals surface area (Å²) in [4.78, 5) is 19.0. The summed E-state index contributed by atoms with van der Waals surface area (Å²) in [5.41, 5.74) is 0. The van der Waals surface area contributed by atoms with Gasteiger partial charge in [-0.1, -0.05) is 38.8 Å². The zero-order valence-corrected chi connectivity index (χ0v) is 18.3. The number of likely N-dealkylation sites (tertiary alicyclic amines) is 1. The molecule has 1 saturated heterocycles. The van der Waals surface area contributed by atoms with E-state index in [0.717, 1.165) is 37.7 Å². The zero-order valence-electron chi connectivity index (χ0n) is 18.3. The molecule has 0 N–H and O–H groups in total. The molecule has 6 nitrogen and oxygen atoms in total. The molecule has 0 aromatic carbocycles. The third kappa shape index (κ3) is 5.01. The maximum Gasteiger partial charge on any atom is 0.252 e. The number of carbonyl (C=O) groups is 1. The van der Waals surface area contributed by atoms with Crippen LogP contribution < -0.4 is 0 Å². The minimum Gasteiger partial charge on any atom is -0.368 e. The van der Waals surface area contributed by atoms with Gasteiger partial charge < -0.3 is 14.2 Å². The number of amides is 1. The summed E-state index contributed by atoms with van der Waals surface area (Å²) < 4.78 is 11.8. The smallest absolute Gasteiger partial charge is 0.252 e. The molecule has 2 saturated carbocycles. The van der Waals surface area contributed by atoms with Gasteiger partial charge in [-0.05, 0) is 55.8 Å². The minimum absolute atomic E-state index is 0.184. The number of nitrogens with zero attached hydrogens (tertiary/aromatic N) is 3. The quantitative estimate of drug-likeness (QED) is 0.668. The van der Waals surface area contributed by atoms with Crippen molar-refractivity contribution in [3.63, 3.8) is 0 Å². The fourth-order valence-electron chi connectivity index (χ4n) is 5.27. The molecular weight excluding hydrogens is 366 g/mol. The molecule has 1 aromatic heterocycles. The maximum atomic E-state index is 12.3. The van der Waals surface area contributed by atoms with E-state index in [4.69, 9.17) is 9.26 Å². The number of hydrogen-bond acceptors (Lipinski definition) is 5. The van der Waals surface area contributed by atoms with E-state index >= 15 is 0 Å². The second-order valence-electron chi connectivity index (χ2n) is 10.1. The van der Waals surface area contributed by atoms with E-state index in [-0.39, 0.29) is 17.9 Å². The predicted molar refractivity (Wildman–Crippen MR) is 110 cm³/mol. The molecule has 0 bridgehead atoms. The molecule has 4 atom stereocenters. The number of aromatic nitrogens is 2. The Morgan fingerprint density at radius 1 is 1.21 bits per heavy atom. The molecule has 6 heteroatoms. The van der Waals surface area contributed by atoms with Gasteiger partial charge in [-0.3, -0.25) is 4.79 Å². The fraction of sp³-hybridized carbons (Fsp3) is 0.870. The van der Waals surface area contributed by atoms with Crippen LogP contribution in [-0.2, 0) is 16.1 Å². The largest absolute Gasteiger partial charge is 0.368 e. The molecule has 2 heterocycles. The van der Waals surface area contributed by atoms with Gasteiger partial charge in [0.15, 0.2) is 5.82 Å². The van der Waals surface area contributed by atoms with Gasteiger partial charge in [-0.2, -0.15) is 4.98 Å². The molecule has 1 amide bonds. The molecule has 4 rings (SSSR count).